The third-order valence-corrected chi connectivity index (χ3v) is 4.62. The molecule has 0 aromatic heterocycles. The van der Waals surface area contributed by atoms with E-state index < -0.39 is 18.7 Å². The molecule has 0 spiro atoms. The second kappa shape index (κ2) is 9.13. The summed E-state index contributed by atoms with van der Waals surface area (Å²) < 4.78 is 16.2. The van der Waals surface area contributed by atoms with Gasteiger partial charge in [-0.1, -0.05) is 30.3 Å². The molecule has 1 aliphatic heterocycles. The fraction of sp³-hybridized carbons (Fsp3) is 0.125. The predicted octanol–water partition coefficient (Wildman–Crippen LogP) is 3.50. The Morgan fingerprint density at radius 2 is 1.52 bits per heavy atom. The number of para-hydroxylation sites is 2. The highest BCUT2D eigenvalue weighted by molar-refractivity contribution is 6.04. The number of amides is 1. The molecule has 7 nitrogen and oxygen atoms in total. The average Bonchev–Trinajstić information content (AvgIpc) is 2.83. The minimum Gasteiger partial charge on any atom is -0.485 e. The monoisotopic (exact) mass is 417 g/mol. The van der Waals surface area contributed by atoms with Gasteiger partial charge in [-0.05, 0) is 48.5 Å². The normalized spacial score (nSPS) is 14.4. The molecular weight excluding hydrogens is 398 g/mol. The number of carbonyl (C=O) groups is 3. The molecule has 3 aromatic carbocycles. The summed E-state index contributed by atoms with van der Waals surface area (Å²) in [6.07, 6.45) is -0.932. The van der Waals surface area contributed by atoms with Gasteiger partial charge in [0.25, 0.3) is 5.91 Å². The SMILES string of the molecule is O=C(COC(=O)[C@H]1COc2ccccc2O1)c1ccc(NC(=O)c2ccccc2)cc1. The number of hydrogen-bond acceptors (Lipinski definition) is 6. The molecule has 4 rings (SSSR count). The second-order valence-corrected chi connectivity index (χ2v) is 6.79. The van der Waals surface area contributed by atoms with E-state index in [-0.39, 0.29) is 18.3 Å². The number of ketones is 1. The van der Waals surface area contributed by atoms with Crippen LogP contribution in [0.1, 0.15) is 20.7 Å². The van der Waals surface area contributed by atoms with E-state index in [1.165, 1.54) is 0 Å². The van der Waals surface area contributed by atoms with Gasteiger partial charge < -0.3 is 19.5 Å². The number of hydrogen-bond donors (Lipinski definition) is 1. The van der Waals surface area contributed by atoms with Crippen LogP contribution in [0.25, 0.3) is 0 Å². The average molecular weight is 417 g/mol. The third kappa shape index (κ3) is 4.90. The number of rotatable bonds is 6. The Hall–Kier alpha value is -4.13. The number of carbonyl (C=O) groups excluding carboxylic acids is 3. The minimum absolute atomic E-state index is 0.0137. The quantitative estimate of drug-likeness (QED) is 0.488. The Morgan fingerprint density at radius 1 is 0.839 bits per heavy atom. The van der Waals surface area contributed by atoms with Crippen LogP contribution < -0.4 is 14.8 Å². The van der Waals surface area contributed by atoms with Gasteiger partial charge in [0.2, 0.25) is 6.10 Å². The standard InChI is InChI=1S/C24H19NO6/c26-19(14-30-24(28)22-15-29-20-8-4-5-9-21(20)31-22)16-10-12-18(13-11-16)25-23(27)17-6-2-1-3-7-17/h1-13,22H,14-15H2,(H,25,27)/t22-/m1/s1. The van der Waals surface area contributed by atoms with Gasteiger partial charge in [0.1, 0.15) is 6.61 Å². The van der Waals surface area contributed by atoms with E-state index in [2.05, 4.69) is 5.32 Å². The molecule has 156 valence electrons. The summed E-state index contributed by atoms with van der Waals surface area (Å²) in [5, 5.41) is 2.76. The van der Waals surface area contributed by atoms with Crippen LogP contribution in [0, 0.1) is 0 Å². The summed E-state index contributed by atoms with van der Waals surface area (Å²) >= 11 is 0. The first kappa shape index (κ1) is 20.2. The van der Waals surface area contributed by atoms with Gasteiger partial charge in [-0.3, -0.25) is 9.59 Å². The maximum absolute atomic E-state index is 12.3. The zero-order valence-corrected chi connectivity index (χ0v) is 16.4. The lowest BCUT2D eigenvalue weighted by Crippen LogP contribution is -2.38. The highest BCUT2D eigenvalue weighted by Crippen LogP contribution is 2.31. The lowest BCUT2D eigenvalue weighted by Gasteiger charge is -2.24. The Bertz CT molecular complexity index is 1090. The van der Waals surface area contributed by atoms with Crippen LogP contribution in [0.4, 0.5) is 5.69 Å². The van der Waals surface area contributed by atoms with Crippen molar-refractivity contribution >= 4 is 23.3 Å². The zero-order valence-electron chi connectivity index (χ0n) is 16.4. The second-order valence-electron chi connectivity index (χ2n) is 6.79. The summed E-state index contributed by atoms with van der Waals surface area (Å²) in [5.74, 6) is -0.275. The Labute approximate surface area is 178 Å². The number of nitrogens with one attached hydrogen (secondary N) is 1. The first-order chi connectivity index (χ1) is 15.1. The van der Waals surface area contributed by atoms with Crippen molar-refractivity contribution in [1.29, 1.82) is 0 Å². The molecule has 1 heterocycles. The van der Waals surface area contributed by atoms with Crippen LogP contribution in [0.2, 0.25) is 0 Å². The first-order valence-corrected chi connectivity index (χ1v) is 9.65. The predicted molar refractivity (Wildman–Crippen MR) is 112 cm³/mol. The fourth-order valence-corrected chi connectivity index (χ4v) is 2.98. The van der Waals surface area contributed by atoms with Gasteiger partial charge in [0.15, 0.2) is 23.9 Å². The van der Waals surface area contributed by atoms with E-state index in [1.54, 1.807) is 72.8 Å². The Morgan fingerprint density at radius 3 is 2.26 bits per heavy atom. The van der Waals surface area contributed by atoms with E-state index in [9.17, 15) is 14.4 Å². The van der Waals surface area contributed by atoms with Crippen molar-refractivity contribution in [3.8, 4) is 11.5 Å². The molecule has 1 amide bonds. The summed E-state index contributed by atoms with van der Waals surface area (Å²) in [5.41, 5.74) is 1.44. The number of esters is 1. The first-order valence-electron chi connectivity index (χ1n) is 9.65. The van der Waals surface area contributed by atoms with Gasteiger partial charge in [0, 0.05) is 16.8 Å². The van der Waals surface area contributed by atoms with E-state index in [0.717, 1.165) is 0 Å². The molecule has 31 heavy (non-hydrogen) atoms. The van der Waals surface area contributed by atoms with Crippen LogP contribution >= 0.6 is 0 Å². The van der Waals surface area contributed by atoms with Crippen molar-refractivity contribution in [2.75, 3.05) is 18.5 Å². The number of Topliss-reactive ketones (excluding diaryl/α,β-unsaturated/α-hetero) is 1. The number of ether oxygens (including phenoxy) is 3. The summed E-state index contributed by atoms with van der Waals surface area (Å²) in [6, 6.07) is 22.2. The van der Waals surface area contributed by atoms with E-state index >= 15 is 0 Å². The highest BCUT2D eigenvalue weighted by Gasteiger charge is 2.29. The molecule has 1 N–H and O–H groups in total. The third-order valence-electron chi connectivity index (χ3n) is 4.62. The highest BCUT2D eigenvalue weighted by atomic mass is 16.6. The lowest BCUT2D eigenvalue weighted by molar-refractivity contribution is -0.153. The van der Waals surface area contributed by atoms with Gasteiger partial charge in [-0.2, -0.15) is 0 Å². The maximum atomic E-state index is 12.3. The number of anilines is 1. The van der Waals surface area contributed by atoms with Crippen molar-refractivity contribution < 1.29 is 28.6 Å². The topological polar surface area (TPSA) is 90.9 Å². The smallest absolute Gasteiger partial charge is 0.351 e. The fourth-order valence-electron chi connectivity index (χ4n) is 2.98. The van der Waals surface area contributed by atoms with Crippen molar-refractivity contribution in [3.63, 3.8) is 0 Å². The van der Waals surface area contributed by atoms with Gasteiger partial charge >= 0.3 is 5.97 Å². The van der Waals surface area contributed by atoms with Gasteiger partial charge in [0.05, 0.1) is 0 Å². The van der Waals surface area contributed by atoms with Crippen molar-refractivity contribution in [3.05, 3.63) is 90.0 Å². The number of fused-ring (bicyclic) bond motifs is 1. The molecular formula is C24H19NO6. The molecule has 0 saturated carbocycles. The van der Waals surface area contributed by atoms with Crippen LogP contribution in [0.5, 0.6) is 11.5 Å². The molecule has 0 radical (unpaired) electrons. The van der Waals surface area contributed by atoms with E-state index in [0.29, 0.717) is 28.3 Å². The summed E-state index contributed by atoms with van der Waals surface area (Å²) in [7, 11) is 0. The van der Waals surface area contributed by atoms with E-state index in [4.69, 9.17) is 14.2 Å². The molecule has 0 fully saturated rings. The lowest BCUT2D eigenvalue weighted by atomic mass is 10.1. The maximum Gasteiger partial charge on any atom is 0.351 e. The molecule has 7 heteroatoms. The molecule has 1 aliphatic rings. The van der Waals surface area contributed by atoms with Gasteiger partial charge in [-0.15, -0.1) is 0 Å². The van der Waals surface area contributed by atoms with Crippen molar-refractivity contribution in [2.24, 2.45) is 0 Å². The van der Waals surface area contributed by atoms with E-state index in [1.807, 2.05) is 6.07 Å². The molecule has 0 aliphatic carbocycles. The molecule has 3 aromatic rings. The van der Waals surface area contributed by atoms with Crippen LogP contribution in [0.3, 0.4) is 0 Å². The van der Waals surface area contributed by atoms with Crippen molar-refractivity contribution in [1.82, 2.24) is 0 Å². The largest absolute Gasteiger partial charge is 0.485 e. The van der Waals surface area contributed by atoms with Crippen LogP contribution in [0.15, 0.2) is 78.9 Å². The van der Waals surface area contributed by atoms with Crippen molar-refractivity contribution in [2.45, 2.75) is 6.10 Å². The number of benzene rings is 3. The van der Waals surface area contributed by atoms with Crippen LogP contribution in [-0.2, 0) is 9.53 Å². The molecule has 1 atom stereocenters. The Kier molecular flexibility index (Phi) is 5.93. The molecule has 0 bridgehead atoms. The summed E-state index contributed by atoms with van der Waals surface area (Å²) in [6.45, 7) is -0.407. The van der Waals surface area contributed by atoms with Crippen LogP contribution in [-0.4, -0.2) is 37.0 Å². The molecule has 0 saturated heterocycles. The minimum atomic E-state index is -0.932. The summed E-state index contributed by atoms with van der Waals surface area (Å²) in [4.78, 5) is 36.8. The van der Waals surface area contributed by atoms with Gasteiger partial charge in [-0.25, -0.2) is 4.79 Å². The Balaban J connectivity index is 1.29. The zero-order chi connectivity index (χ0) is 21.6. The molecule has 0 unspecified atom stereocenters.